The maximum absolute atomic E-state index is 9.96. The number of rotatable bonds is 8. The summed E-state index contributed by atoms with van der Waals surface area (Å²) < 4.78 is 12.4. The molecular formula is C30H31NO4. The van der Waals surface area contributed by atoms with E-state index in [1.165, 1.54) is 19.3 Å². The molecule has 1 atom stereocenters. The third-order valence-corrected chi connectivity index (χ3v) is 6.59. The van der Waals surface area contributed by atoms with Crippen LogP contribution >= 0.6 is 0 Å². The van der Waals surface area contributed by atoms with Crippen molar-refractivity contribution in [1.82, 2.24) is 5.32 Å². The Labute approximate surface area is 206 Å². The summed E-state index contributed by atoms with van der Waals surface area (Å²) in [6.45, 7) is 1.81. The first-order chi connectivity index (χ1) is 17.2. The van der Waals surface area contributed by atoms with Crippen molar-refractivity contribution < 1.29 is 19.7 Å². The minimum Gasteiger partial charge on any atom is -0.508 e. The number of hydrogen-bond donors (Lipinski definition) is 3. The van der Waals surface area contributed by atoms with Crippen molar-refractivity contribution in [2.45, 2.75) is 38.3 Å². The predicted molar refractivity (Wildman–Crippen MR) is 139 cm³/mol. The fraction of sp³-hybridized carbons (Fsp3) is 0.267. The lowest BCUT2D eigenvalue weighted by Gasteiger charge is -2.23. The van der Waals surface area contributed by atoms with Crippen LogP contribution in [0, 0.1) is 0 Å². The zero-order valence-electron chi connectivity index (χ0n) is 19.7. The van der Waals surface area contributed by atoms with Gasteiger partial charge in [0.25, 0.3) is 0 Å². The van der Waals surface area contributed by atoms with E-state index in [2.05, 4.69) is 5.32 Å². The van der Waals surface area contributed by atoms with Crippen molar-refractivity contribution in [3.05, 3.63) is 84.4 Å². The Hall–Kier alpha value is -3.54. The predicted octanol–water partition coefficient (Wildman–Crippen LogP) is 6.41. The second kappa shape index (κ2) is 10.8. The molecule has 0 bridgehead atoms. The molecule has 1 fully saturated rings. The first-order valence-corrected chi connectivity index (χ1v) is 12.3. The fourth-order valence-electron chi connectivity index (χ4n) is 4.63. The van der Waals surface area contributed by atoms with Crippen LogP contribution in [0.4, 0.5) is 0 Å². The second-order valence-electron chi connectivity index (χ2n) is 9.06. The molecule has 5 heteroatoms. The van der Waals surface area contributed by atoms with E-state index in [1.54, 1.807) is 12.1 Å². The monoisotopic (exact) mass is 469 g/mol. The summed E-state index contributed by atoms with van der Waals surface area (Å²) >= 11 is 0. The number of phenols is 1. The van der Waals surface area contributed by atoms with Gasteiger partial charge in [0.15, 0.2) is 0 Å². The van der Waals surface area contributed by atoms with E-state index in [9.17, 15) is 10.2 Å². The summed E-state index contributed by atoms with van der Waals surface area (Å²) in [5, 5.41) is 24.7. The van der Waals surface area contributed by atoms with E-state index in [1.807, 2.05) is 66.7 Å². The largest absolute Gasteiger partial charge is 0.508 e. The van der Waals surface area contributed by atoms with Crippen LogP contribution in [0.15, 0.2) is 78.9 Å². The quantitative estimate of drug-likeness (QED) is 0.278. The highest BCUT2D eigenvalue weighted by molar-refractivity contribution is 5.96. The second-order valence-corrected chi connectivity index (χ2v) is 9.06. The molecule has 0 aromatic heterocycles. The highest BCUT2D eigenvalue weighted by Crippen LogP contribution is 2.40. The molecule has 1 aliphatic heterocycles. The van der Waals surface area contributed by atoms with Crippen LogP contribution in [-0.4, -0.2) is 29.4 Å². The lowest BCUT2D eigenvalue weighted by atomic mass is 9.98. The molecule has 4 aromatic rings. The summed E-state index contributed by atoms with van der Waals surface area (Å²) in [6, 6.07) is 25.3. The molecular weight excluding hydrogens is 438 g/mol. The van der Waals surface area contributed by atoms with Gasteiger partial charge in [-0.1, -0.05) is 36.8 Å². The van der Waals surface area contributed by atoms with Crippen LogP contribution in [0.2, 0.25) is 0 Å². The van der Waals surface area contributed by atoms with E-state index in [4.69, 9.17) is 9.47 Å². The van der Waals surface area contributed by atoms with Gasteiger partial charge in [0, 0.05) is 17.0 Å². The Morgan fingerprint density at radius 3 is 2.40 bits per heavy atom. The number of hydrogen-bond acceptors (Lipinski definition) is 5. The number of benzene rings is 4. The molecule has 0 saturated carbocycles. The third kappa shape index (κ3) is 5.59. The molecule has 180 valence electrons. The maximum Gasteiger partial charge on any atom is 0.143 e. The first-order valence-electron chi connectivity index (χ1n) is 12.3. The maximum atomic E-state index is 9.96. The van der Waals surface area contributed by atoms with Crippen LogP contribution in [0.25, 0.3) is 21.9 Å². The number of piperidine rings is 1. The molecule has 1 unspecified atom stereocenters. The molecule has 0 amide bonds. The Morgan fingerprint density at radius 2 is 1.66 bits per heavy atom. The lowest BCUT2D eigenvalue weighted by molar-refractivity contribution is 0.268. The van der Waals surface area contributed by atoms with Gasteiger partial charge in [-0.05, 0) is 90.9 Å². The highest BCUT2D eigenvalue weighted by atomic mass is 16.5. The van der Waals surface area contributed by atoms with Crippen molar-refractivity contribution in [2.24, 2.45) is 0 Å². The van der Waals surface area contributed by atoms with Gasteiger partial charge in [-0.2, -0.15) is 0 Å². The summed E-state index contributed by atoms with van der Waals surface area (Å²) in [6.07, 6.45) is 4.81. The van der Waals surface area contributed by atoms with Crippen LogP contribution in [0.3, 0.4) is 0 Å². The van der Waals surface area contributed by atoms with Crippen molar-refractivity contribution in [2.75, 3.05) is 13.2 Å². The van der Waals surface area contributed by atoms with Gasteiger partial charge in [0.05, 0.1) is 13.2 Å². The summed E-state index contributed by atoms with van der Waals surface area (Å²) in [7, 11) is 0. The SMILES string of the molecule is OCc1ccc(-c2ccc3cc(O)ccc3c2Oc2ccc(OCCC3CCCCN3)cc2)cc1. The molecule has 1 aliphatic rings. The van der Waals surface area contributed by atoms with E-state index in [0.717, 1.165) is 51.9 Å². The van der Waals surface area contributed by atoms with Gasteiger partial charge in [-0.25, -0.2) is 0 Å². The van der Waals surface area contributed by atoms with Gasteiger partial charge < -0.3 is 25.0 Å². The topological polar surface area (TPSA) is 71.0 Å². The molecule has 5 rings (SSSR count). The van der Waals surface area contributed by atoms with Gasteiger partial charge >= 0.3 is 0 Å². The normalized spacial score (nSPS) is 15.7. The number of aliphatic hydroxyl groups is 1. The van der Waals surface area contributed by atoms with E-state index >= 15 is 0 Å². The average molecular weight is 470 g/mol. The van der Waals surface area contributed by atoms with Crippen molar-refractivity contribution in [1.29, 1.82) is 0 Å². The molecule has 4 aromatic carbocycles. The Bertz CT molecular complexity index is 1260. The van der Waals surface area contributed by atoms with Crippen LogP contribution in [-0.2, 0) is 6.61 Å². The van der Waals surface area contributed by atoms with Crippen LogP contribution in [0.1, 0.15) is 31.2 Å². The molecule has 0 spiro atoms. The Kier molecular flexibility index (Phi) is 7.17. The standard InChI is InChI=1S/C30H31NO4/c32-20-21-4-6-22(7-5-21)28-14-8-23-19-25(33)9-15-29(23)30(28)35-27-12-10-26(11-13-27)34-18-16-24-3-1-2-17-31-24/h4-15,19,24,31-33H,1-3,16-18,20H2. The Morgan fingerprint density at radius 1 is 0.857 bits per heavy atom. The molecule has 1 saturated heterocycles. The van der Waals surface area contributed by atoms with E-state index < -0.39 is 0 Å². The zero-order valence-corrected chi connectivity index (χ0v) is 19.7. The highest BCUT2D eigenvalue weighted by Gasteiger charge is 2.14. The number of aromatic hydroxyl groups is 1. The van der Waals surface area contributed by atoms with Gasteiger partial charge in [-0.15, -0.1) is 0 Å². The minimum absolute atomic E-state index is 0.00617. The number of ether oxygens (including phenoxy) is 2. The third-order valence-electron chi connectivity index (χ3n) is 6.59. The molecule has 35 heavy (non-hydrogen) atoms. The van der Waals surface area contributed by atoms with Gasteiger partial charge in [0.2, 0.25) is 0 Å². The summed E-state index contributed by atoms with van der Waals surface area (Å²) in [5.74, 6) is 2.47. The fourth-order valence-corrected chi connectivity index (χ4v) is 4.63. The smallest absolute Gasteiger partial charge is 0.143 e. The number of aliphatic hydroxyl groups excluding tert-OH is 1. The number of nitrogens with one attached hydrogen (secondary N) is 1. The molecule has 5 nitrogen and oxygen atoms in total. The number of phenolic OH excluding ortho intramolecular Hbond substituents is 1. The molecule has 0 aliphatic carbocycles. The van der Waals surface area contributed by atoms with Crippen LogP contribution < -0.4 is 14.8 Å². The van der Waals surface area contributed by atoms with Crippen molar-refractivity contribution in [3.63, 3.8) is 0 Å². The average Bonchev–Trinajstić information content (AvgIpc) is 2.90. The minimum atomic E-state index is 0.00617. The first kappa shape index (κ1) is 23.2. The summed E-state index contributed by atoms with van der Waals surface area (Å²) in [5.41, 5.74) is 2.79. The number of fused-ring (bicyclic) bond motifs is 1. The van der Waals surface area contributed by atoms with Crippen molar-refractivity contribution >= 4 is 10.8 Å². The van der Waals surface area contributed by atoms with Crippen LogP contribution in [0.5, 0.6) is 23.0 Å². The zero-order chi connectivity index (χ0) is 24.0. The van der Waals surface area contributed by atoms with Gasteiger partial charge in [-0.3, -0.25) is 0 Å². The van der Waals surface area contributed by atoms with Crippen molar-refractivity contribution in [3.8, 4) is 34.1 Å². The molecule has 1 heterocycles. The van der Waals surface area contributed by atoms with E-state index in [0.29, 0.717) is 18.4 Å². The van der Waals surface area contributed by atoms with E-state index in [-0.39, 0.29) is 12.4 Å². The summed E-state index contributed by atoms with van der Waals surface area (Å²) in [4.78, 5) is 0. The molecule has 0 radical (unpaired) electrons. The lowest BCUT2D eigenvalue weighted by Crippen LogP contribution is -2.35. The molecule has 3 N–H and O–H groups in total. The Balaban J connectivity index is 1.37. The van der Waals surface area contributed by atoms with Gasteiger partial charge in [0.1, 0.15) is 23.0 Å².